The maximum Gasteiger partial charge on any atom is 0.261 e. The Kier molecular flexibility index (Phi) is 7.95. The van der Waals surface area contributed by atoms with Crippen LogP contribution >= 0.6 is 11.8 Å². The minimum absolute atomic E-state index is 0.0929. The molecule has 2 amide bonds. The van der Waals surface area contributed by atoms with E-state index in [2.05, 4.69) is 10.0 Å². The number of amides is 2. The molecule has 0 saturated carbocycles. The number of benzene rings is 4. The van der Waals surface area contributed by atoms with Gasteiger partial charge >= 0.3 is 0 Å². The van der Waals surface area contributed by atoms with E-state index in [-0.39, 0.29) is 22.1 Å². The quantitative estimate of drug-likeness (QED) is 0.265. The van der Waals surface area contributed by atoms with E-state index in [4.69, 9.17) is 0 Å². The molecule has 0 bridgehead atoms. The van der Waals surface area contributed by atoms with E-state index < -0.39 is 10.0 Å². The van der Waals surface area contributed by atoms with Gasteiger partial charge in [-0.05, 0) is 72.5 Å². The van der Waals surface area contributed by atoms with Crippen molar-refractivity contribution in [3.8, 4) is 0 Å². The zero-order valence-corrected chi connectivity index (χ0v) is 23.8. The van der Waals surface area contributed by atoms with E-state index in [1.165, 1.54) is 12.1 Å². The number of para-hydroxylation sites is 1. The second kappa shape index (κ2) is 11.6. The van der Waals surface area contributed by atoms with Crippen LogP contribution in [-0.2, 0) is 21.4 Å². The number of carbonyl (C=O) groups is 2. The lowest BCUT2D eigenvalue weighted by atomic mass is 10.1. The number of carbonyl (C=O) groups excluding carboxylic acids is 2. The van der Waals surface area contributed by atoms with Gasteiger partial charge in [0.05, 0.1) is 16.3 Å². The first-order valence-electron chi connectivity index (χ1n) is 12.8. The van der Waals surface area contributed by atoms with Crippen molar-refractivity contribution in [3.63, 3.8) is 0 Å². The topological polar surface area (TPSA) is 95.6 Å². The molecule has 204 valence electrons. The number of nitrogens with one attached hydrogen (secondary N) is 2. The number of sulfonamides is 1. The summed E-state index contributed by atoms with van der Waals surface area (Å²) in [5.41, 5.74) is 5.19. The maximum absolute atomic E-state index is 12.9. The molecule has 0 aliphatic carbocycles. The lowest BCUT2D eigenvalue weighted by Gasteiger charge is -2.24. The zero-order chi connectivity index (χ0) is 28.3. The summed E-state index contributed by atoms with van der Waals surface area (Å²) in [6, 6.07) is 28.7. The van der Waals surface area contributed by atoms with Crippen LogP contribution in [0.2, 0.25) is 0 Å². The van der Waals surface area contributed by atoms with Crippen molar-refractivity contribution in [1.29, 1.82) is 0 Å². The van der Waals surface area contributed by atoms with Gasteiger partial charge in [0.2, 0.25) is 5.91 Å². The van der Waals surface area contributed by atoms with E-state index >= 15 is 0 Å². The summed E-state index contributed by atoms with van der Waals surface area (Å²) in [4.78, 5) is 27.4. The highest BCUT2D eigenvalue weighted by molar-refractivity contribution is 8.00. The number of aryl methyl sites for hydroxylation is 2. The molecule has 0 spiro atoms. The summed E-state index contributed by atoms with van der Waals surface area (Å²) >= 11 is 1.57. The molecule has 5 rings (SSSR count). The van der Waals surface area contributed by atoms with Gasteiger partial charge in [-0.25, -0.2) is 8.42 Å². The van der Waals surface area contributed by atoms with E-state index in [0.29, 0.717) is 29.2 Å². The van der Waals surface area contributed by atoms with Crippen LogP contribution in [0.1, 0.15) is 38.0 Å². The molecule has 1 aliphatic heterocycles. The molecule has 1 saturated heterocycles. The molecule has 0 aromatic heterocycles. The van der Waals surface area contributed by atoms with Gasteiger partial charge in [-0.2, -0.15) is 0 Å². The summed E-state index contributed by atoms with van der Waals surface area (Å²) < 4.78 is 28.5. The average Bonchev–Trinajstić information content (AvgIpc) is 3.31. The Bertz CT molecular complexity index is 1620. The van der Waals surface area contributed by atoms with Gasteiger partial charge in [0.1, 0.15) is 5.37 Å². The molecule has 40 heavy (non-hydrogen) atoms. The van der Waals surface area contributed by atoms with Crippen molar-refractivity contribution in [2.45, 2.75) is 30.7 Å². The second-order valence-corrected chi connectivity index (χ2v) is 12.4. The van der Waals surface area contributed by atoms with Crippen LogP contribution in [0.4, 0.5) is 11.4 Å². The maximum atomic E-state index is 12.9. The normalized spacial score (nSPS) is 15.2. The Morgan fingerprint density at radius 1 is 0.875 bits per heavy atom. The molecule has 0 unspecified atom stereocenters. The smallest absolute Gasteiger partial charge is 0.261 e. The van der Waals surface area contributed by atoms with Crippen LogP contribution in [0.5, 0.6) is 0 Å². The Balaban J connectivity index is 1.24. The second-order valence-electron chi connectivity index (χ2n) is 9.64. The highest BCUT2D eigenvalue weighted by Crippen LogP contribution is 2.39. The van der Waals surface area contributed by atoms with Crippen LogP contribution in [0.15, 0.2) is 102 Å². The van der Waals surface area contributed by atoms with Crippen LogP contribution < -0.4 is 10.0 Å². The largest absolute Gasteiger partial charge is 0.322 e. The molecule has 7 nitrogen and oxygen atoms in total. The zero-order valence-electron chi connectivity index (χ0n) is 22.1. The minimum atomic E-state index is -3.79. The van der Waals surface area contributed by atoms with Crippen molar-refractivity contribution in [2.75, 3.05) is 15.8 Å². The van der Waals surface area contributed by atoms with Crippen LogP contribution in [0, 0.1) is 13.8 Å². The standard InChI is InChI=1S/C31H29N3O4S2/c1-21-7-6-8-22(2)29(21)33-40(37,38)27-17-15-26(16-18-27)32-30(36)24-11-13-25(14-12-24)31-34(28(35)20-39-31)19-23-9-4-3-5-10-23/h3-18,31,33H,19-20H2,1-2H3,(H,32,36)/t31-/m0/s1. The number of anilines is 2. The molecule has 1 fully saturated rings. The Hall–Kier alpha value is -4.08. The number of rotatable bonds is 8. The molecule has 9 heteroatoms. The highest BCUT2D eigenvalue weighted by Gasteiger charge is 2.32. The fraction of sp³-hybridized carbons (Fsp3) is 0.161. The third-order valence-corrected chi connectivity index (χ3v) is 9.38. The third-order valence-electron chi connectivity index (χ3n) is 6.76. The van der Waals surface area contributed by atoms with Crippen LogP contribution in [0.25, 0.3) is 0 Å². The lowest BCUT2D eigenvalue weighted by Crippen LogP contribution is -2.27. The monoisotopic (exact) mass is 571 g/mol. The van der Waals surface area contributed by atoms with Gasteiger partial charge in [0.15, 0.2) is 0 Å². The van der Waals surface area contributed by atoms with Crippen LogP contribution in [-0.4, -0.2) is 30.9 Å². The highest BCUT2D eigenvalue weighted by atomic mass is 32.2. The summed E-state index contributed by atoms with van der Waals surface area (Å²) in [5.74, 6) is 0.202. The molecule has 2 N–H and O–H groups in total. The summed E-state index contributed by atoms with van der Waals surface area (Å²) in [6.07, 6.45) is 0. The van der Waals surface area contributed by atoms with Crippen molar-refractivity contribution >= 4 is 45.0 Å². The van der Waals surface area contributed by atoms with Gasteiger partial charge in [-0.3, -0.25) is 14.3 Å². The number of thioether (sulfide) groups is 1. The summed E-state index contributed by atoms with van der Waals surface area (Å²) in [7, 11) is -3.79. The molecule has 1 heterocycles. The van der Waals surface area contributed by atoms with Crippen LogP contribution in [0.3, 0.4) is 0 Å². The van der Waals surface area contributed by atoms with E-state index in [1.807, 2.05) is 79.4 Å². The molecule has 4 aromatic carbocycles. The molecule has 1 aliphatic rings. The molecule has 1 atom stereocenters. The Morgan fingerprint density at radius 2 is 1.52 bits per heavy atom. The minimum Gasteiger partial charge on any atom is -0.322 e. The molecule has 4 aromatic rings. The fourth-order valence-electron chi connectivity index (χ4n) is 4.57. The van der Waals surface area contributed by atoms with E-state index in [0.717, 1.165) is 22.3 Å². The molecule has 0 radical (unpaired) electrons. The first kappa shape index (κ1) is 27.5. The first-order chi connectivity index (χ1) is 19.2. The van der Waals surface area contributed by atoms with Crippen molar-refractivity contribution in [3.05, 3.63) is 125 Å². The number of nitrogens with zero attached hydrogens (tertiary/aromatic N) is 1. The summed E-state index contributed by atoms with van der Waals surface area (Å²) in [5, 5.41) is 2.70. The average molecular weight is 572 g/mol. The fourth-order valence-corrected chi connectivity index (χ4v) is 6.96. The number of hydrogen-bond donors (Lipinski definition) is 2. The molecular weight excluding hydrogens is 542 g/mol. The Labute approximate surface area is 238 Å². The summed E-state index contributed by atoms with van der Waals surface area (Å²) in [6.45, 7) is 4.23. The predicted molar refractivity (Wildman–Crippen MR) is 160 cm³/mol. The number of hydrogen-bond acceptors (Lipinski definition) is 5. The van der Waals surface area contributed by atoms with Crippen molar-refractivity contribution in [1.82, 2.24) is 4.90 Å². The van der Waals surface area contributed by atoms with Gasteiger partial charge in [0, 0.05) is 17.8 Å². The van der Waals surface area contributed by atoms with E-state index in [9.17, 15) is 18.0 Å². The SMILES string of the molecule is Cc1cccc(C)c1NS(=O)(=O)c1ccc(NC(=O)c2ccc([C@@H]3SCC(=O)N3Cc3ccccc3)cc2)cc1. The Morgan fingerprint density at radius 3 is 2.17 bits per heavy atom. The molecular formula is C31H29N3O4S2. The van der Waals surface area contributed by atoms with Gasteiger partial charge in [0.25, 0.3) is 15.9 Å². The first-order valence-corrected chi connectivity index (χ1v) is 15.3. The van der Waals surface area contributed by atoms with Gasteiger partial charge < -0.3 is 10.2 Å². The van der Waals surface area contributed by atoms with E-state index in [1.54, 1.807) is 36.0 Å². The van der Waals surface area contributed by atoms with Gasteiger partial charge in [-0.15, -0.1) is 11.8 Å². The van der Waals surface area contributed by atoms with Crippen molar-refractivity contribution in [2.24, 2.45) is 0 Å². The van der Waals surface area contributed by atoms with Crippen molar-refractivity contribution < 1.29 is 18.0 Å². The lowest BCUT2D eigenvalue weighted by molar-refractivity contribution is -0.128. The predicted octanol–water partition coefficient (Wildman–Crippen LogP) is 6.13. The third kappa shape index (κ3) is 6.05. The van der Waals surface area contributed by atoms with Gasteiger partial charge in [-0.1, -0.05) is 60.7 Å².